The molecule has 0 aromatic rings. The van der Waals surface area contributed by atoms with Crippen LogP contribution < -0.4 is 0 Å². The van der Waals surface area contributed by atoms with Crippen molar-refractivity contribution < 1.29 is 9.47 Å². The predicted molar refractivity (Wildman–Crippen MR) is 56.9 cm³/mol. The Morgan fingerprint density at radius 2 is 2.00 bits per heavy atom. The van der Waals surface area contributed by atoms with Gasteiger partial charge in [0.05, 0.1) is 24.7 Å². The highest BCUT2D eigenvalue weighted by Gasteiger charge is 2.26. The van der Waals surface area contributed by atoms with Crippen LogP contribution in [0.3, 0.4) is 0 Å². The normalized spacial score (nSPS) is 15.7. The first kappa shape index (κ1) is 13.5. The van der Waals surface area contributed by atoms with Gasteiger partial charge in [-0.3, -0.25) is 0 Å². The van der Waals surface area contributed by atoms with Crippen molar-refractivity contribution in [3.8, 4) is 0 Å². The molecule has 80 valence electrons. The molecule has 0 aromatic carbocycles. The Labute approximate surface area is 90.5 Å². The Morgan fingerprint density at radius 1 is 1.31 bits per heavy atom. The summed E-state index contributed by atoms with van der Waals surface area (Å²) in [6.45, 7) is 3.66. The molecule has 0 saturated carbocycles. The quantitative estimate of drug-likeness (QED) is 0.470. The van der Waals surface area contributed by atoms with Crippen LogP contribution in [0.1, 0.15) is 19.8 Å². The van der Waals surface area contributed by atoms with Crippen molar-refractivity contribution in [2.24, 2.45) is 0 Å². The number of halogens is 2. The van der Waals surface area contributed by atoms with Gasteiger partial charge in [-0.25, -0.2) is 0 Å². The molecular formula is C9H18Cl2O2. The van der Waals surface area contributed by atoms with E-state index in [1.165, 1.54) is 0 Å². The standard InChI is InChI=1S/C9H18Cl2O2/c1-3-4-9(11,7-12-2)8-13-6-5-10/h3-8H2,1-2H3. The van der Waals surface area contributed by atoms with Crippen molar-refractivity contribution in [2.75, 3.05) is 32.8 Å². The lowest BCUT2D eigenvalue weighted by molar-refractivity contribution is 0.0741. The molecule has 0 fully saturated rings. The van der Waals surface area contributed by atoms with Gasteiger partial charge in [-0.2, -0.15) is 0 Å². The number of rotatable bonds is 8. The van der Waals surface area contributed by atoms with Crippen molar-refractivity contribution in [2.45, 2.75) is 24.6 Å². The topological polar surface area (TPSA) is 18.5 Å². The third kappa shape index (κ3) is 6.55. The van der Waals surface area contributed by atoms with Gasteiger partial charge >= 0.3 is 0 Å². The summed E-state index contributed by atoms with van der Waals surface area (Å²) in [7, 11) is 1.65. The lowest BCUT2D eigenvalue weighted by Gasteiger charge is -2.25. The fourth-order valence-electron chi connectivity index (χ4n) is 1.20. The van der Waals surface area contributed by atoms with Crippen molar-refractivity contribution in [1.29, 1.82) is 0 Å². The molecule has 0 bridgehead atoms. The van der Waals surface area contributed by atoms with Crippen LogP contribution in [0.5, 0.6) is 0 Å². The Kier molecular flexibility index (Phi) is 8.17. The third-order valence-electron chi connectivity index (χ3n) is 1.68. The second-order valence-corrected chi connectivity index (χ2v) is 4.26. The van der Waals surface area contributed by atoms with E-state index in [2.05, 4.69) is 6.92 Å². The first-order chi connectivity index (χ1) is 6.18. The monoisotopic (exact) mass is 228 g/mol. The fraction of sp³-hybridized carbons (Fsp3) is 1.00. The van der Waals surface area contributed by atoms with Crippen LogP contribution >= 0.6 is 23.2 Å². The summed E-state index contributed by atoms with van der Waals surface area (Å²) >= 11 is 11.8. The molecule has 0 spiro atoms. The van der Waals surface area contributed by atoms with Gasteiger partial charge in [-0.05, 0) is 6.42 Å². The van der Waals surface area contributed by atoms with Gasteiger partial charge < -0.3 is 9.47 Å². The van der Waals surface area contributed by atoms with Gasteiger partial charge in [0.25, 0.3) is 0 Å². The Morgan fingerprint density at radius 3 is 2.46 bits per heavy atom. The molecule has 0 aliphatic carbocycles. The molecule has 1 unspecified atom stereocenters. The second-order valence-electron chi connectivity index (χ2n) is 3.08. The van der Waals surface area contributed by atoms with Crippen LogP contribution in [-0.4, -0.2) is 37.7 Å². The molecule has 1 atom stereocenters. The van der Waals surface area contributed by atoms with E-state index in [9.17, 15) is 0 Å². The van der Waals surface area contributed by atoms with E-state index in [0.717, 1.165) is 12.8 Å². The summed E-state index contributed by atoms with van der Waals surface area (Å²) < 4.78 is 10.4. The molecule has 0 radical (unpaired) electrons. The van der Waals surface area contributed by atoms with Crippen molar-refractivity contribution in [3.63, 3.8) is 0 Å². The summed E-state index contributed by atoms with van der Waals surface area (Å²) in [6, 6.07) is 0. The van der Waals surface area contributed by atoms with E-state index in [4.69, 9.17) is 32.7 Å². The molecule has 2 nitrogen and oxygen atoms in total. The average Bonchev–Trinajstić information content (AvgIpc) is 2.05. The zero-order valence-corrected chi connectivity index (χ0v) is 9.83. The summed E-state index contributed by atoms with van der Waals surface area (Å²) in [5, 5.41) is 0. The molecule has 0 aliphatic rings. The molecule has 0 rings (SSSR count). The van der Waals surface area contributed by atoms with E-state index in [-0.39, 0.29) is 4.87 Å². The average molecular weight is 229 g/mol. The number of hydrogen-bond donors (Lipinski definition) is 0. The Bertz CT molecular complexity index is 114. The van der Waals surface area contributed by atoms with Crippen molar-refractivity contribution in [3.05, 3.63) is 0 Å². The Hall–Kier alpha value is 0.500. The van der Waals surface area contributed by atoms with Gasteiger partial charge in [-0.1, -0.05) is 13.3 Å². The maximum Gasteiger partial charge on any atom is 0.0911 e. The van der Waals surface area contributed by atoms with Gasteiger partial charge in [0, 0.05) is 13.0 Å². The highest BCUT2D eigenvalue weighted by atomic mass is 35.5. The summed E-state index contributed by atoms with van der Waals surface area (Å²) in [4.78, 5) is -0.379. The molecule has 0 aliphatic heterocycles. The highest BCUT2D eigenvalue weighted by molar-refractivity contribution is 6.24. The minimum Gasteiger partial charge on any atom is -0.383 e. The van der Waals surface area contributed by atoms with E-state index < -0.39 is 0 Å². The van der Waals surface area contributed by atoms with Crippen LogP contribution in [0.4, 0.5) is 0 Å². The lowest BCUT2D eigenvalue weighted by Crippen LogP contribution is -2.33. The minimum absolute atomic E-state index is 0.379. The summed E-state index contributed by atoms with van der Waals surface area (Å²) in [6.07, 6.45) is 1.92. The Balaban J connectivity index is 3.76. The molecule has 13 heavy (non-hydrogen) atoms. The lowest BCUT2D eigenvalue weighted by atomic mass is 10.1. The number of hydrogen-bond acceptors (Lipinski definition) is 2. The van der Waals surface area contributed by atoms with E-state index in [1.807, 2.05) is 0 Å². The molecule has 0 heterocycles. The summed E-state index contributed by atoms with van der Waals surface area (Å²) in [5.74, 6) is 0.506. The maximum atomic E-state index is 6.28. The SMILES string of the molecule is CCCC(Cl)(COC)COCCCl. The van der Waals surface area contributed by atoms with E-state index >= 15 is 0 Å². The number of alkyl halides is 2. The van der Waals surface area contributed by atoms with Crippen LogP contribution in [-0.2, 0) is 9.47 Å². The number of methoxy groups -OCH3 is 1. The molecular weight excluding hydrogens is 211 g/mol. The third-order valence-corrected chi connectivity index (χ3v) is 2.24. The molecule has 0 aromatic heterocycles. The van der Waals surface area contributed by atoms with Gasteiger partial charge in [0.1, 0.15) is 0 Å². The van der Waals surface area contributed by atoms with Crippen molar-refractivity contribution >= 4 is 23.2 Å². The summed E-state index contributed by atoms with van der Waals surface area (Å²) in [5.41, 5.74) is 0. The number of ether oxygens (including phenoxy) is 2. The maximum absolute atomic E-state index is 6.28. The molecule has 4 heteroatoms. The smallest absolute Gasteiger partial charge is 0.0911 e. The fourth-order valence-corrected chi connectivity index (χ4v) is 1.69. The van der Waals surface area contributed by atoms with Crippen LogP contribution in [0.15, 0.2) is 0 Å². The van der Waals surface area contributed by atoms with Gasteiger partial charge in [0.15, 0.2) is 0 Å². The van der Waals surface area contributed by atoms with Gasteiger partial charge in [0.2, 0.25) is 0 Å². The van der Waals surface area contributed by atoms with Crippen LogP contribution in [0.25, 0.3) is 0 Å². The molecule has 0 saturated heterocycles. The highest BCUT2D eigenvalue weighted by Crippen LogP contribution is 2.22. The predicted octanol–water partition coefficient (Wildman–Crippen LogP) is 2.67. The van der Waals surface area contributed by atoms with E-state index in [0.29, 0.717) is 25.7 Å². The van der Waals surface area contributed by atoms with Gasteiger partial charge in [-0.15, -0.1) is 23.2 Å². The minimum atomic E-state index is -0.379. The molecule has 0 amide bonds. The molecule has 0 N–H and O–H groups in total. The first-order valence-corrected chi connectivity index (χ1v) is 5.41. The first-order valence-electron chi connectivity index (χ1n) is 4.50. The zero-order chi connectivity index (χ0) is 10.2. The van der Waals surface area contributed by atoms with Crippen molar-refractivity contribution in [1.82, 2.24) is 0 Å². The van der Waals surface area contributed by atoms with E-state index in [1.54, 1.807) is 7.11 Å². The largest absolute Gasteiger partial charge is 0.383 e. The van der Waals surface area contributed by atoms with Crippen LogP contribution in [0, 0.1) is 0 Å². The second kappa shape index (κ2) is 7.86. The zero-order valence-electron chi connectivity index (χ0n) is 8.32. The van der Waals surface area contributed by atoms with Crippen LogP contribution in [0.2, 0.25) is 0 Å².